The van der Waals surface area contributed by atoms with Gasteiger partial charge in [0.2, 0.25) is 15.9 Å². The van der Waals surface area contributed by atoms with E-state index in [9.17, 15) is 13.2 Å². The van der Waals surface area contributed by atoms with Gasteiger partial charge in [0.25, 0.3) is 0 Å². The molecule has 0 aliphatic heterocycles. The van der Waals surface area contributed by atoms with E-state index in [0.717, 1.165) is 5.56 Å². The predicted molar refractivity (Wildman–Crippen MR) is 81.9 cm³/mol. The molecule has 7 heteroatoms. The van der Waals surface area contributed by atoms with Crippen molar-refractivity contribution < 1.29 is 13.2 Å². The van der Waals surface area contributed by atoms with Gasteiger partial charge in [0.05, 0.1) is 10.3 Å². The summed E-state index contributed by atoms with van der Waals surface area (Å²) in [6, 6.07) is 5.00. The monoisotopic (exact) mass is 362 g/mol. The van der Waals surface area contributed by atoms with Crippen molar-refractivity contribution in [2.24, 2.45) is 5.41 Å². The van der Waals surface area contributed by atoms with Crippen LogP contribution in [0.3, 0.4) is 0 Å². The van der Waals surface area contributed by atoms with Crippen LogP contribution in [0.25, 0.3) is 0 Å². The molecule has 5 nitrogen and oxygen atoms in total. The van der Waals surface area contributed by atoms with Gasteiger partial charge in [-0.1, -0.05) is 6.07 Å². The lowest BCUT2D eigenvalue weighted by atomic mass is 9.93. The minimum atomic E-state index is -3.66. The fourth-order valence-corrected chi connectivity index (χ4v) is 4.00. The summed E-state index contributed by atoms with van der Waals surface area (Å²) in [4.78, 5) is 11.8. The SMILES string of the molecule is CNC(=O)C(C)(C)CNS(=O)(=O)c1ccc(C)cc1Br. The van der Waals surface area contributed by atoms with Crippen LogP contribution in [-0.2, 0) is 14.8 Å². The summed E-state index contributed by atoms with van der Waals surface area (Å²) in [5, 5.41) is 2.52. The third-order valence-electron chi connectivity index (χ3n) is 2.92. The summed E-state index contributed by atoms with van der Waals surface area (Å²) in [5.74, 6) is -0.219. The van der Waals surface area contributed by atoms with Gasteiger partial charge < -0.3 is 5.32 Å². The first-order valence-corrected chi connectivity index (χ1v) is 8.36. The number of hydrogen-bond donors (Lipinski definition) is 2. The molecule has 0 aromatic heterocycles. The van der Waals surface area contributed by atoms with Crippen LogP contribution in [0.4, 0.5) is 0 Å². The Morgan fingerprint density at radius 2 is 1.95 bits per heavy atom. The molecule has 0 unspecified atom stereocenters. The molecule has 0 aliphatic rings. The minimum absolute atomic E-state index is 0.0231. The standard InChI is InChI=1S/C13H19BrN2O3S/c1-9-5-6-11(10(14)7-9)20(18,19)16-8-13(2,3)12(17)15-4/h5-7,16H,8H2,1-4H3,(H,15,17). The van der Waals surface area contributed by atoms with Crippen LogP contribution in [0, 0.1) is 12.3 Å². The molecular weight excluding hydrogens is 344 g/mol. The second-order valence-electron chi connectivity index (χ2n) is 5.22. The fourth-order valence-electron chi connectivity index (χ4n) is 1.60. The molecule has 0 bridgehead atoms. The molecule has 0 radical (unpaired) electrons. The minimum Gasteiger partial charge on any atom is -0.359 e. The zero-order valence-electron chi connectivity index (χ0n) is 12.0. The van der Waals surface area contributed by atoms with Gasteiger partial charge in [0.15, 0.2) is 0 Å². The number of aryl methyl sites for hydroxylation is 1. The van der Waals surface area contributed by atoms with Gasteiger partial charge in [-0.3, -0.25) is 4.79 Å². The van der Waals surface area contributed by atoms with Gasteiger partial charge in [-0.15, -0.1) is 0 Å². The maximum Gasteiger partial charge on any atom is 0.241 e. The van der Waals surface area contributed by atoms with Crippen molar-refractivity contribution in [2.45, 2.75) is 25.7 Å². The van der Waals surface area contributed by atoms with Crippen molar-refractivity contribution in [1.29, 1.82) is 0 Å². The average Bonchev–Trinajstić information content (AvgIpc) is 2.35. The Kier molecular flexibility index (Phi) is 5.34. The molecule has 0 aliphatic carbocycles. The summed E-state index contributed by atoms with van der Waals surface area (Å²) in [5.41, 5.74) is 0.139. The van der Waals surface area contributed by atoms with Gasteiger partial charge >= 0.3 is 0 Å². The molecular formula is C13H19BrN2O3S. The van der Waals surface area contributed by atoms with E-state index in [1.165, 1.54) is 13.1 Å². The van der Waals surface area contributed by atoms with Gasteiger partial charge in [-0.05, 0) is 54.4 Å². The van der Waals surface area contributed by atoms with Crippen molar-refractivity contribution in [2.75, 3.05) is 13.6 Å². The summed E-state index contributed by atoms with van der Waals surface area (Å²) < 4.78 is 27.5. The highest BCUT2D eigenvalue weighted by Crippen LogP contribution is 2.23. The Hall–Kier alpha value is -0.920. The van der Waals surface area contributed by atoms with Crippen LogP contribution >= 0.6 is 15.9 Å². The van der Waals surface area contributed by atoms with Crippen molar-refractivity contribution in [3.8, 4) is 0 Å². The maximum absolute atomic E-state index is 12.2. The van der Waals surface area contributed by atoms with Crippen LogP contribution in [0.5, 0.6) is 0 Å². The molecule has 0 fully saturated rings. The van der Waals surface area contributed by atoms with Crippen LogP contribution in [-0.4, -0.2) is 27.9 Å². The first kappa shape index (κ1) is 17.1. The number of carbonyl (C=O) groups is 1. The molecule has 1 aromatic rings. The molecule has 1 amide bonds. The summed E-state index contributed by atoms with van der Waals surface area (Å²) >= 11 is 3.25. The van der Waals surface area contributed by atoms with Gasteiger partial charge in [0.1, 0.15) is 0 Å². The number of carbonyl (C=O) groups excluding carboxylic acids is 1. The van der Waals surface area contributed by atoms with E-state index < -0.39 is 15.4 Å². The summed E-state index contributed by atoms with van der Waals surface area (Å²) in [6.45, 7) is 5.26. The number of benzene rings is 1. The van der Waals surface area contributed by atoms with Gasteiger partial charge in [-0.2, -0.15) is 0 Å². The molecule has 1 rings (SSSR count). The summed E-state index contributed by atoms with van der Waals surface area (Å²) in [6.07, 6.45) is 0. The van der Waals surface area contributed by atoms with E-state index in [1.54, 1.807) is 26.0 Å². The molecule has 20 heavy (non-hydrogen) atoms. The second kappa shape index (κ2) is 6.24. The fraction of sp³-hybridized carbons (Fsp3) is 0.462. The normalized spacial score (nSPS) is 12.2. The molecule has 2 N–H and O–H groups in total. The lowest BCUT2D eigenvalue weighted by molar-refractivity contribution is -0.128. The highest BCUT2D eigenvalue weighted by molar-refractivity contribution is 9.10. The van der Waals surface area contributed by atoms with E-state index in [-0.39, 0.29) is 17.3 Å². The quantitative estimate of drug-likeness (QED) is 0.838. The predicted octanol–water partition coefficient (Wildman–Crippen LogP) is 1.81. The van der Waals surface area contributed by atoms with E-state index in [0.29, 0.717) is 4.47 Å². The van der Waals surface area contributed by atoms with E-state index in [4.69, 9.17) is 0 Å². The van der Waals surface area contributed by atoms with E-state index in [1.807, 2.05) is 6.92 Å². The Bertz CT molecular complexity index is 612. The molecule has 0 saturated heterocycles. The molecule has 0 spiro atoms. The van der Waals surface area contributed by atoms with E-state index in [2.05, 4.69) is 26.0 Å². The Balaban J connectivity index is 2.94. The summed E-state index contributed by atoms with van der Waals surface area (Å²) in [7, 11) is -2.14. The van der Waals surface area contributed by atoms with Crippen molar-refractivity contribution in [3.63, 3.8) is 0 Å². The number of sulfonamides is 1. The van der Waals surface area contributed by atoms with Gasteiger partial charge in [0, 0.05) is 18.1 Å². The highest BCUT2D eigenvalue weighted by Gasteiger charge is 2.29. The number of amides is 1. The Morgan fingerprint density at radius 1 is 1.35 bits per heavy atom. The molecule has 0 atom stereocenters. The number of halogens is 1. The van der Waals surface area contributed by atoms with Crippen LogP contribution in [0.15, 0.2) is 27.6 Å². The van der Waals surface area contributed by atoms with E-state index >= 15 is 0 Å². The number of nitrogens with one attached hydrogen (secondary N) is 2. The zero-order valence-corrected chi connectivity index (χ0v) is 14.4. The van der Waals surface area contributed by atoms with Crippen LogP contribution in [0.1, 0.15) is 19.4 Å². The second-order valence-corrected chi connectivity index (χ2v) is 7.81. The van der Waals surface area contributed by atoms with Crippen LogP contribution in [0.2, 0.25) is 0 Å². The Labute approximate surface area is 128 Å². The highest BCUT2D eigenvalue weighted by atomic mass is 79.9. The lowest BCUT2D eigenvalue weighted by Crippen LogP contribution is -2.43. The average molecular weight is 363 g/mol. The van der Waals surface area contributed by atoms with Crippen molar-refractivity contribution in [1.82, 2.24) is 10.0 Å². The molecule has 1 aromatic carbocycles. The third kappa shape index (κ3) is 4.04. The number of hydrogen-bond acceptors (Lipinski definition) is 3. The first-order valence-electron chi connectivity index (χ1n) is 6.08. The lowest BCUT2D eigenvalue weighted by Gasteiger charge is -2.23. The maximum atomic E-state index is 12.2. The van der Waals surface area contributed by atoms with Crippen LogP contribution < -0.4 is 10.0 Å². The largest absolute Gasteiger partial charge is 0.359 e. The zero-order chi connectivity index (χ0) is 15.6. The number of rotatable bonds is 5. The Morgan fingerprint density at radius 3 is 2.45 bits per heavy atom. The molecule has 112 valence electrons. The van der Waals surface area contributed by atoms with Crippen molar-refractivity contribution >= 4 is 31.9 Å². The third-order valence-corrected chi connectivity index (χ3v) is 5.30. The molecule has 0 heterocycles. The smallest absolute Gasteiger partial charge is 0.241 e. The van der Waals surface area contributed by atoms with Gasteiger partial charge in [-0.25, -0.2) is 13.1 Å². The van der Waals surface area contributed by atoms with Crippen molar-refractivity contribution in [3.05, 3.63) is 28.2 Å². The topological polar surface area (TPSA) is 75.3 Å². The molecule has 0 saturated carbocycles. The first-order chi connectivity index (χ1) is 9.10.